The minimum absolute atomic E-state index is 0.285. The van der Waals surface area contributed by atoms with Gasteiger partial charge in [-0.05, 0) is 59.6 Å². The molecule has 0 saturated heterocycles. The average molecular weight is 493 g/mol. The van der Waals surface area contributed by atoms with Gasteiger partial charge in [0, 0.05) is 10.6 Å². The van der Waals surface area contributed by atoms with Crippen LogP contribution < -0.4 is 9.47 Å². The molecule has 158 valence electrons. The highest BCUT2D eigenvalue weighted by molar-refractivity contribution is 9.10. The first kappa shape index (κ1) is 22.1. The molecule has 1 heterocycles. The quantitative estimate of drug-likeness (QED) is 0.254. The number of ether oxygens (including phenoxy) is 2. The second kappa shape index (κ2) is 9.48. The standard InChI is InChI=1S/C20H21BrN4O4S/c1-12-5-7-15(8-6-12)25-13(2)22-23-20(25)30-18(11-24(26)27)14-9-16(21)19(29-4)17(10-14)28-3/h5-10,18H,11H2,1-4H3/t18-/m0/s1. The number of aromatic nitrogens is 3. The molecule has 1 aromatic heterocycles. The van der Waals surface area contributed by atoms with Crippen LogP contribution in [0.4, 0.5) is 0 Å². The van der Waals surface area contributed by atoms with Gasteiger partial charge in [-0.2, -0.15) is 0 Å². The van der Waals surface area contributed by atoms with Crippen LogP contribution in [0, 0.1) is 24.0 Å². The number of hydrogen-bond donors (Lipinski definition) is 0. The predicted octanol–water partition coefficient (Wildman–Crippen LogP) is 4.77. The Morgan fingerprint density at radius 3 is 2.47 bits per heavy atom. The molecular weight excluding hydrogens is 472 g/mol. The number of rotatable bonds is 8. The summed E-state index contributed by atoms with van der Waals surface area (Å²) in [6.07, 6.45) is 0. The number of hydrogen-bond acceptors (Lipinski definition) is 7. The Labute approximate surface area is 186 Å². The third kappa shape index (κ3) is 4.76. The molecule has 0 unspecified atom stereocenters. The van der Waals surface area contributed by atoms with Crippen LogP contribution >= 0.6 is 27.7 Å². The summed E-state index contributed by atoms with van der Waals surface area (Å²) in [4.78, 5) is 11.1. The molecule has 0 spiro atoms. The number of methoxy groups -OCH3 is 2. The number of aryl methyl sites for hydroxylation is 2. The van der Waals surface area contributed by atoms with Crippen molar-refractivity contribution in [3.05, 3.63) is 67.9 Å². The van der Waals surface area contributed by atoms with Gasteiger partial charge in [0.1, 0.15) is 11.1 Å². The van der Waals surface area contributed by atoms with Crippen molar-refractivity contribution in [3.63, 3.8) is 0 Å². The van der Waals surface area contributed by atoms with Gasteiger partial charge in [0.25, 0.3) is 0 Å². The van der Waals surface area contributed by atoms with E-state index in [0.29, 0.717) is 27.0 Å². The zero-order valence-electron chi connectivity index (χ0n) is 17.0. The fourth-order valence-electron chi connectivity index (χ4n) is 3.01. The van der Waals surface area contributed by atoms with Gasteiger partial charge in [-0.25, -0.2) is 0 Å². The fourth-order valence-corrected chi connectivity index (χ4v) is 4.78. The summed E-state index contributed by atoms with van der Waals surface area (Å²) in [5.41, 5.74) is 2.76. The first-order chi connectivity index (χ1) is 14.3. The van der Waals surface area contributed by atoms with Crippen molar-refractivity contribution in [3.8, 4) is 17.2 Å². The van der Waals surface area contributed by atoms with Gasteiger partial charge in [-0.1, -0.05) is 29.5 Å². The van der Waals surface area contributed by atoms with E-state index >= 15 is 0 Å². The van der Waals surface area contributed by atoms with E-state index in [1.807, 2.05) is 48.7 Å². The van der Waals surface area contributed by atoms with Crippen LogP contribution in [0.2, 0.25) is 0 Å². The van der Waals surface area contributed by atoms with Gasteiger partial charge in [-0.3, -0.25) is 14.7 Å². The molecule has 3 rings (SSSR count). The van der Waals surface area contributed by atoms with Crippen molar-refractivity contribution in [1.82, 2.24) is 14.8 Å². The lowest BCUT2D eigenvalue weighted by atomic mass is 10.1. The van der Waals surface area contributed by atoms with E-state index < -0.39 is 5.25 Å². The monoisotopic (exact) mass is 492 g/mol. The van der Waals surface area contributed by atoms with Crippen LogP contribution in [0.5, 0.6) is 11.5 Å². The number of benzene rings is 2. The molecule has 1 atom stereocenters. The third-order valence-electron chi connectivity index (χ3n) is 4.48. The Hall–Kier alpha value is -2.59. The Morgan fingerprint density at radius 1 is 1.17 bits per heavy atom. The molecule has 0 radical (unpaired) electrons. The summed E-state index contributed by atoms with van der Waals surface area (Å²) >= 11 is 4.75. The van der Waals surface area contributed by atoms with Crippen LogP contribution in [-0.2, 0) is 0 Å². The molecule has 3 aromatic rings. The van der Waals surface area contributed by atoms with Crippen LogP contribution in [0.25, 0.3) is 5.69 Å². The van der Waals surface area contributed by atoms with Crippen molar-refractivity contribution in [1.29, 1.82) is 0 Å². The summed E-state index contributed by atoms with van der Waals surface area (Å²) in [5.74, 6) is 1.73. The predicted molar refractivity (Wildman–Crippen MR) is 119 cm³/mol. The Balaban J connectivity index is 2.03. The van der Waals surface area contributed by atoms with Gasteiger partial charge in [0.2, 0.25) is 6.54 Å². The lowest BCUT2D eigenvalue weighted by Gasteiger charge is -2.17. The second-order valence-corrected chi connectivity index (χ2v) is 8.59. The van der Waals surface area contributed by atoms with E-state index in [4.69, 9.17) is 9.47 Å². The van der Waals surface area contributed by atoms with Gasteiger partial charge in [0.05, 0.1) is 18.7 Å². The maximum absolute atomic E-state index is 11.4. The highest BCUT2D eigenvalue weighted by Crippen LogP contribution is 2.42. The molecule has 8 nitrogen and oxygen atoms in total. The smallest absolute Gasteiger partial charge is 0.220 e. The highest BCUT2D eigenvalue weighted by Gasteiger charge is 2.26. The van der Waals surface area contributed by atoms with Crippen LogP contribution in [0.3, 0.4) is 0 Å². The third-order valence-corrected chi connectivity index (χ3v) is 6.25. The lowest BCUT2D eigenvalue weighted by molar-refractivity contribution is -0.479. The molecule has 0 aliphatic heterocycles. The number of halogens is 1. The van der Waals surface area contributed by atoms with E-state index in [0.717, 1.165) is 16.8 Å². The van der Waals surface area contributed by atoms with Gasteiger partial charge in [0.15, 0.2) is 16.7 Å². The van der Waals surface area contributed by atoms with Crippen LogP contribution in [0.1, 0.15) is 22.2 Å². The summed E-state index contributed by atoms with van der Waals surface area (Å²) in [7, 11) is 3.07. The highest BCUT2D eigenvalue weighted by atomic mass is 79.9. The molecular formula is C20H21BrN4O4S. The molecule has 0 fully saturated rings. The zero-order valence-corrected chi connectivity index (χ0v) is 19.4. The van der Waals surface area contributed by atoms with Crippen molar-refractivity contribution in [2.45, 2.75) is 24.3 Å². The number of nitro groups is 1. The Morgan fingerprint density at radius 2 is 1.87 bits per heavy atom. The van der Waals surface area contributed by atoms with E-state index in [2.05, 4.69) is 26.1 Å². The molecule has 0 bridgehead atoms. The number of nitrogens with zero attached hydrogens (tertiary/aromatic N) is 4. The zero-order chi connectivity index (χ0) is 21.8. The van der Waals surface area contributed by atoms with E-state index in [1.165, 1.54) is 18.9 Å². The Kier molecular flexibility index (Phi) is 6.99. The fraction of sp³-hybridized carbons (Fsp3) is 0.300. The molecule has 10 heteroatoms. The van der Waals surface area contributed by atoms with E-state index in [-0.39, 0.29) is 11.5 Å². The molecule has 0 aliphatic rings. The van der Waals surface area contributed by atoms with Crippen LogP contribution in [0.15, 0.2) is 46.0 Å². The molecule has 0 N–H and O–H groups in total. The van der Waals surface area contributed by atoms with Crippen molar-refractivity contribution < 1.29 is 14.4 Å². The largest absolute Gasteiger partial charge is 0.493 e. The topological polar surface area (TPSA) is 92.3 Å². The van der Waals surface area contributed by atoms with Crippen molar-refractivity contribution >= 4 is 27.7 Å². The normalized spacial score (nSPS) is 11.9. The minimum Gasteiger partial charge on any atom is -0.493 e. The lowest BCUT2D eigenvalue weighted by Crippen LogP contribution is -2.11. The number of thioether (sulfide) groups is 1. The first-order valence-electron chi connectivity index (χ1n) is 9.03. The maximum Gasteiger partial charge on any atom is 0.220 e. The average Bonchev–Trinajstić information content (AvgIpc) is 3.07. The Bertz CT molecular complexity index is 1060. The summed E-state index contributed by atoms with van der Waals surface area (Å²) in [6.45, 7) is 3.58. The van der Waals surface area contributed by atoms with E-state index in [1.54, 1.807) is 13.2 Å². The SMILES string of the molecule is COc1cc([C@H](C[N+](=O)[O-])Sc2nnc(C)n2-c2ccc(C)cc2)cc(Br)c1OC. The summed E-state index contributed by atoms with van der Waals surface area (Å²) in [5, 5.41) is 19.9. The maximum atomic E-state index is 11.4. The first-order valence-corrected chi connectivity index (χ1v) is 10.7. The summed E-state index contributed by atoms with van der Waals surface area (Å²) < 4.78 is 13.3. The molecule has 0 aliphatic carbocycles. The molecule has 30 heavy (non-hydrogen) atoms. The van der Waals surface area contributed by atoms with Crippen molar-refractivity contribution in [2.75, 3.05) is 20.8 Å². The van der Waals surface area contributed by atoms with Crippen LogP contribution in [-0.4, -0.2) is 40.5 Å². The molecule has 0 saturated carbocycles. The van der Waals surface area contributed by atoms with Gasteiger partial charge < -0.3 is 9.47 Å². The van der Waals surface area contributed by atoms with E-state index in [9.17, 15) is 10.1 Å². The van der Waals surface area contributed by atoms with Crippen molar-refractivity contribution in [2.24, 2.45) is 0 Å². The molecule has 2 aromatic carbocycles. The van der Waals surface area contributed by atoms with Gasteiger partial charge >= 0.3 is 0 Å². The molecule has 0 amide bonds. The van der Waals surface area contributed by atoms with Gasteiger partial charge in [-0.15, -0.1) is 10.2 Å². The minimum atomic E-state index is -0.510. The summed E-state index contributed by atoms with van der Waals surface area (Å²) in [6, 6.07) is 11.5. The second-order valence-electron chi connectivity index (χ2n) is 6.56.